The van der Waals surface area contributed by atoms with E-state index in [0.717, 1.165) is 68.3 Å². The number of imidazole rings is 2. The number of aromatic nitrogens is 8. The van der Waals surface area contributed by atoms with E-state index >= 15 is 0 Å². The minimum absolute atomic E-state index is 0.627. The SMILES string of the molecule is C=C(CC1CCCCC1)Nc1cncc(-c2ccc3[nH]nc(-c4nc5nccc(-n6cnc(C)c6)c5[nH]4)c3c2)c1. The second kappa shape index (κ2) is 10.1. The van der Waals surface area contributed by atoms with Crippen LogP contribution < -0.4 is 5.32 Å². The molecule has 0 radical (unpaired) electrons. The van der Waals surface area contributed by atoms with E-state index in [9.17, 15) is 0 Å². The molecule has 0 saturated heterocycles. The zero-order valence-corrected chi connectivity index (χ0v) is 22.5. The fraction of sp³-hybridized carbons (Fsp3) is 0.258. The van der Waals surface area contributed by atoms with Gasteiger partial charge in [0.2, 0.25) is 0 Å². The minimum atomic E-state index is 0.627. The van der Waals surface area contributed by atoms with E-state index in [2.05, 4.69) is 60.2 Å². The maximum absolute atomic E-state index is 4.78. The molecule has 0 spiro atoms. The molecule has 0 bridgehead atoms. The van der Waals surface area contributed by atoms with Crippen molar-refractivity contribution in [2.24, 2.45) is 5.92 Å². The third-order valence-electron chi connectivity index (χ3n) is 7.80. The van der Waals surface area contributed by atoms with Crippen LogP contribution in [-0.4, -0.2) is 39.7 Å². The molecule has 40 heavy (non-hydrogen) atoms. The number of allylic oxidation sites excluding steroid dienone is 1. The maximum atomic E-state index is 4.78. The summed E-state index contributed by atoms with van der Waals surface area (Å²) in [5.74, 6) is 1.39. The molecule has 1 aliphatic rings. The molecule has 5 heterocycles. The molecular formula is C31H31N9. The predicted molar refractivity (Wildman–Crippen MR) is 158 cm³/mol. The average molecular weight is 530 g/mol. The van der Waals surface area contributed by atoms with Crippen molar-refractivity contribution in [1.29, 1.82) is 0 Å². The van der Waals surface area contributed by atoms with E-state index in [1.807, 2.05) is 42.2 Å². The summed E-state index contributed by atoms with van der Waals surface area (Å²) < 4.78 is 1.97. The van der Waals surface area contributed by atoms with Crippen molar-refractivity contribution in [1.82, 2.24) is 39.7 Å². The molecule has 7 rings (SSSR count). The lowest BCUT2D eigenvalue weighted by Gasteiger charge is -2.22. The van der Waals surface area contributed by atoms with Crippen molar-refractivity contribution in [2.45, 2.75) is 45.4 Å². The summed E-state index contributed by atoms with van der Waals surface area (Å²) >= 11 is 0. The third kappa shape index (κ3) is 4.64. The number of H-pyrrole nitrogens is 2. The van der Waals surface area contributed by atoms with Crippen LogP contribution in [0.2, 0.25) is 0 Å². The van der Waals surface area contributed by atoms with Crippen molar-refractivity contribution in [3.63, 3.8) is 0 Å². The van der Waals surface area contributed by atoms with Crippen LogP contribution >= 0.6 is 0 Å². The fourth-order valence-corrected chi connectivity index (χ4v) is 5.81. The highest BCUT2D eigenvalue weighted by Crippen LogP contribution is 2.33. The van der Waals surface area contributed by atoms with Gasteiger partial charge in [-0.1, -0.05) is 44.7 Å². The maximum Gasteiger partial charge on any atom is 0.180 e. The molecular weight excluding hydrogens is 498 g/mol. The molecule has 9 nitrogen and oxygen atoms in total. The zero-order valence-electron chi connectivity index (χ0n) is 22.5. The Hall–Kier alpha value is -4.79. The molecule has 200 valence electrons. The van der Waals surface area contributed by atoms with E-state index in [1.165, 1.54) is 32.1 Å². The number of aromatic amines is 2. The van der Waals surface area contributed by atoms with Gasteiger partial charge in [0.15, 0.2) is 11.5 Å². The van der Waals surface area contributed by atoms with Gasteiger partial charge in [0.1, 0.15) is 11.2 Å². The second-order valence-corrected chi connectivity index (χ2v) is 10.8. The summed E-state index contributed by atoms with van der Waals surface area (Å²) in [6.07, 6.45) is 16.9. The van der Waals surface area contributed by atoms with Gasteiger partial charge in [-0.2, -0.15) is 5.10 Å². The highest BCUT2D eigenvalue weighted by molar-refractivity contribution is 5.96. The van der Waals surface area contributed by atoms with Crippen molar-refractivity contribution in [3.05, 3.63) is 79.4 Å². The average Bonchev–Trinajstić information content (AvgIpc) is 3.71. The molecule has 1 fully saturated rings. The number of anilines is 1. The van der Waals surface area contributed by atoms with Gasteiger partial charge in [-0.25, -0.2) is 15.0 Å². The molecule has 0 amide bonds. The summed E-state index contributed by atoms with van der Waals surface area (Å²) in [5.41, 5.74) is 9.09. The third-order valence-corrected chi connectivity index (χ3v) is 7.80. The minimum Gasteiger partial charge on any atom is -0.358 e. The first-order chi connectivity index (χ1) is 19.6. The van der Waals surface area contributed by atoms with Gasteiger partial charge in [0.25, 0.3) is 0 Å². The van der Waals surface area contributed by atoms with Crippen molar-refractivity contribution < 1.29 is 0 Å². The van der Waals surface area contributed by atoms with Gasteiger partial charge in [-0.15, -0.1) is 0 Å². The summed E-state index contributed by atoms with van der Waals surface area (Å²) in [6.45, 7) is 6.27. The van der Waals surface area contributed by atoms with Crippen LogP contribution in [0.3, 0.4) is 0 Å². The number of aryl methyl sites for hydroxylation is 1. The van der Waals surface area contributed by atoms with Crippen LogP contribution in [0.25, 0.3) is 50.4 Å². The molecule has 6 aromatic rings. The number of nitrogens with one attached hydrogen (secondary N) is 3. The topological polar surface area (TPSA) is 113 Å². The number of pyridine rings is 2. The Morgan fingerprint density at radius 1 is 1.07 bits per heavy atom. The standard InChI is InChI=1S/C31H31N9/c1-19(12-21-6-4-3-5-7-21)35-24-13-23(15-32-16-24)22-8-9-26-25(14-22)28(39-38-26)31-36-29-27(10-11-33-30(29)37-31)40-17-20(2)34-18-40/h8-11,13-18,21,35H,1,3-7,12H2,2H3,(H,38,39)(H,33,36,37). The summed E-state index contributed by atoms with van der Waals surface area (Å²) in [7, 11) is 0. The number of fused-ring (bicyclic) bond motifs is 2. The largest absolute Gasteiger partial charge is 0.358 e. The summed E-state index contributed by atoms with van der Waals surface area (Å²) in [6, 6.07) is 10.3. The van der Waals surface area contributed by atoms with Crippen molar-refractivity contribution >= 4 is 27.8 Å². The van der Waals surface area contributed by atoms with Gasteiger partial charge in [0, 0.05) is 35.2 Å². The lowest BCUT2D eigenvalue weighted by molar-refractivity contribution is 0.357. The van der Waals surface area contributed by atoms with E-state index < -0.39 is 0 Å². The second-order valence-electron chi connectivity index (χ2n) is 10.8. The number of hydrogen-bond donors (Lipinski definition) is 3. The first-order valence-electron chi connectivity index (χ1n) is 13.8. The molecule has 0 atom stereocenters. The Kier molecular flexibility index (Phi) is 6.11. The number of hydrogen-bond acceptors (Lipinski definition) is 6. The molecule has 3 N–H and O–H groups in total. The van der Waals surface area contributed by atoms with Crippen LogP contribution in [0.5, 0.6) is 0 Å². The predicted octanol–water partition coefficient (Wildman–Crippen LogP) is 6.95. The fourth-order valence-electron chi connectivity index (χ4n) is 5.81. The van der Waals surface area contributed by atoms with Crippen LogP contribution in [0.1, 0.15) is 44.2 Å². The first kappa shape index (κ1) is 24.3. The molecule has 0 aliphatic heterocycles. The van der Waals surface area contributed by atoms with Crippen LogP contribution in [0.4, 0.5) is 5.69 Å². The zero-order chi connectivity index (χ0) is 27.1. The van der Waals surface area contributed by atoms with Gasteiger partial charge in [0.05, 0.1) is 35.1 Å². The Morgan fingerprint density at radius 3 is 2.83 bits per heavy atom. The lowest BCUT2D eigenvalue weighted by atomic mass is 9.86. The van der Waals surface area contributed by atoms with Crippen LogP contribution in [-0.2, 0) is 0 Å². The lowest BCUT2D eigenvalue weighted by Crippen LogP contribution is -2.10. The van der Waals surface area contributed by atoms with E-state index in [4.69, 9.17) is 4.98 Å². The monoisotopic (exact) mass is 529 g/mol. The van der Waals surface area contributed by atoms with Crippen LogP contribution in [0, 0.1) is 12.8 Å². The van der Waals surface area contributed by atoms with E-state index in [-0.39, 0.29) is 0 Å². The molecule has 9 heteroatoms. The highest BCUT2D eigenvalue weighted by atomic mass is 15.1. The van der Waals surface area contributed by atoms with Gasteiger partial charge in [-0.05, 0) is 49.1 Å². The summed E-state index contributed by atoms with van der Waals surface area (Å²) in [5, 5.41) is 12.2. The highest BCUT2D eigenvalue weighted by Gasteiger charge is 2.17. The normalized spacial score (nSPS) is 14.2. The Labute approximate surface area is 231 Å². The van der Waals surface area contributed by atoms with Crippen molar-refractivity contribution in [3.8, 4) is 28.3 Å². The van der Waals surface area contributed by atoms with Crippen molar-refractivity contribution in [2.75, 3.05) is 5.32 Å². The molecule has 1 aliphatic carbocycles. The van der Waals surface area contributed by atoms with Gasteiger partial charge >= 0.3 is 0 Å². The quantitative estimate of drug-likeness (QED) is 0.206. The van der Waals surface area contributed by atoms with E-state index in [0.29, 0.717) is 11.5 Å². The number of rotatable bonds is 7. The Balaban J connectivity index is 1.19. The molecule has 1 aromatic carbocycles. The first-order valence-corrected chi connectivity index (χ1v) is 13.8. The smallest absolute Gasteiger partial charge is 0.180 e. The molecule has 1 saturated carbocycles. The molecule has 5 aromatic heterocycles. The van der Waals surface area contributed by atoms with Crippen LogP contribution in [0.15, 0.2) is 73.7 Å². The Morgan fingerprint density at radius 2 is 1.98 bits per heavy atom. The Bertz CT molecular complexity index is 1830. The van der Waals surface area contributed by atoms with E-state index in [1.54, 1.807) is 12.5 Å². The number of nitrogens with zero attached hydrogens (tertiary/aromatic N) is 6. The van der Waals surface area contributed by atoms with Gasteiger partial charge in [-0.3, -0.25) is 10.1 Å². The molecule has 0 unspecified atom stereocenters. The summed E-state index contributed by atoms with van der Waals surface area (Å²) in [4.78, 5) is 21.6. The number of benzene rings is 1. The van der Waals surface area contributed by atoms with Gasteiger partial charge < -0.3 is 14.9 Å².